The van der Waals surface area contributed by atoms with Crippen LogP contribution in [0.25, 0.3) is 0 Å². The van der Waals surface area contributed by atoms with Crippen molar-refractivity contribution < 1.29 is 34.8 Å². The second-order valence-electron chi connectivity index (χ2n) is 5.06. The first-order valence-corrected chi connectivity index (χ1v) is 6.62. The fraction of sp³-hybridized carbons (Fsp3) is 0.750. The molecular formula is C12H23N3O7. The number of aliphatic hydroxyl groups excluding tert-OH is 3. The van der Waals surface area contributed by atoms with Gasteiger partial charge in [-0.1, -0.05) is 0 Å². The second-order valence-corrected chi connectivity index (χ2v) is 5.06. The number of aliphatic hydroxyl groups is 3. The third kappa shape index (κ3) is 5.93. The summed E-state index contributed by atoms with van der Waals surface area (Å²) in [7, 11) is 0. The third-order valence-corrected chi connectivity index (χ3v) is 2.93. The Balaban J connectivity index is 4.99. The average Bonchev–Trinajstić information content (AvgIpc) is 2.39. The van der Waals surface area contributed by atoms with Gasteiger partial charge in [0.25, 0.3) is 0 Å². The zero-order valence-corrected chi connectivity index (χ0v) is 12.6. The van der Waals surface area contributed by atoms with Gasteiger partial charge in [0, 0.05) is 0 Å². The molecule has 22 heavy (non-hydrogen) atoms. The van der Waals surface area contributed by atoms with E-state index in [0.29, 0.717) is 0 Å². The molecule has 0 saturated heterocycles. The minimum Gasteiger partial charge on any atom is -0.480 e. The summed E-state index contributed by atoms with van der Waals surface area (Å²) in [4.78, 5) is 34.6. The highest BCUT2D eigenvalue weighted by Crippen LogP contribution is 2.00. The Hall–Kier alpha value is -1.75. The van der Waals surface area contributed by atoms with Gasteiger partial charge in [-0.25, -0.2) is 4.79 Å². The SMILES string of the molecule is C[C@@H](O)[C@H](NC(=O)[C@@H](NC(=O)[C@H](N)[C@@H](C)O)[C@@H](C)O)C(=O)O. The molecule has 128 valence electrons. The molecule has 0 unspecified atom stereocenters. The van der Waals surface area contributed by atoms with Crippen molar-refractivity contribution in [2.45, 2.75) is 57.2 Å². The summed E-state index contributed by atoms with van der Waals surface area (Å²) in [5.74, 6) is -3.37. The number of carbonyl (C=O) groups excluding carboxylic acids is 2. The summed E-state index contributed by atoms with van der Waals surface area (Å²) >= 11 is 0. The van der Waals surface area contributed by atoms with Crippen LogP contribution in [0.1, 0.15) is 20.8 Å². The fourth-order valence-corrected chi connectivity index (χ4v) is 1.51. The van der Waals surface area contributed by atoms with Gasteiger partial charge in [0.2, 0.25) is 11.8 Å². The average molecular weight is 321 g/mol. The molecule has 0 aromatic heterocycles. The van der Waals surface area contributed by atoms with Crippen molar-refractivity contribution >= 4 is 17.8 Å². The Kier molecular flexibility index (Phi) is 7.95. The van der Waals surface area contributed by atoms with Crippen LogP contribution in [0.2, 0.25) is 0 Å². The van der Waals surface area contributed by atoms with E-state index in [1.807, 2.05) is 5.32 Å². The Bertz CT molecular complexity index is 412. The van der Waals surface area contributed by atoms with Gasteiger partial charge < -0.3 is 36.8 Å². The third-order valence-electron chi connectivity index (χ3n) is 2.93. The first-order chi connectivity index (χ1) is 9.98. The maximum atomic E-state index is 12.0. The predicted molar refractivity (Wildman–Crippen MR) is 74.5 cm³/mol. The van der Waals surface area contributed by atoms with Crippen molar-refractivity contribution in [1.82, 2.24) is 10.6 Å². The van der Waals surface area contributed by atoms with Crippen LogP contribution in [-0.2, 0) is 14.4 Å². The Morgan fingerprint density at radius 3 is 1.55 bits per heavy atom. The number of nitrogens with two attached hydrogens (primary N) is 1. The van der Waals surface area contributed by atoms with Crippen molar-refractivity contribution in [1.29, 1.82) is 0 Å². The van der Waals surface area contributed by atoms with E-state index >= 15 is 0 Å². The predicted octanol–water partition coefficient (Wildman–Crippen LogP) is -3.49. The Morgan fingerprint density at radius 2 is 1.23 bits per heavy atom. The first kappa shape index (κ1) is 20.2. The van der Waals surface area contributed by atoms with Gasteiger partial charge in [-0.15, -0.1) is 0 Å². The Labute approximate surface area is 127 Å². The molecular weight excluding hydrogens is 298 g/mol. The van der Waals surface area contributed by atoms with E-state index in [2.05, 4.69) is 5.32 Å². The van der Waals surface area contributed by atoms with Crippen molar-refractivity contribution in [2.24, 2.45) is 5.73 Å². The van der Waals surface area contributed by atoms with Crippen LogP contribution in [0, 0.1) is 0 Å². The quantitative estimate of drug-likeness (QED) is 0.240. The molecule has 0 aliphatic rings. The van der Waals surface area contributed by atoms with Crippen molar-refractivity contribution in [3.8, 4) is 0 Å². The molecule has 0 aliphatic carbocycles. The lowest BCUT2D eigenvalue weighted by Gasteiger charge is -2.25. The minimum absolute atomic E-state index is 0.889. The van der Waals surface area contributed by atoms with Crippen LogP contribution in [0.15, 0.2) is 0 Å². The van der Waals surface area contributed by atoms with Gasteiger partial charge in [-0.3, -0.25) is 9.59 Å². The lowest BCUT2D eigenvalue weighted by atomic mass is 10.1. The molecule has 0 aromatic carbocycles. The van der Waals surface area contributed by atoms with Gasteiger partial charge in [0.05, 0.1) is 18.3 Å². The molecule has 10 nitrogen and oxygen atoms in total. The number of hydrogen-bond donors (Lipinski definition) is 7. The van der Waals surface area contributed by atoms with Gasteiger partial charge in [0.1, 0.15) is 12.1 Å². The van der Waals surface area contributed by atoms with Crippen LogP contribution in [0.4, 0.5) is 0 Å². The van der Waals surface area contributed by atoms with E-state index in [0.717, 1.165) is 0 Å². The number of carboxylic acid groups (broad SMARTS) is 1. The number of amides is 2. The maximum Gasteiger partial charge on any atom is 0.328 e. The molecule has 0 saturated carbocycles. The normalized spacial score (nSPS) is 19.2. The highest BCUT2D eigenvalue weighted by Gasteiger charge is 2.33. The molecule has 0 heterocycles. The van der Waals surface area contributed by atoms with Crippen LogP contribution in [0.5, 0.6) is 0 Å². The topological polar surface area (TPSA) is 182 Å². The standard InChI is InChI=1S/C12H23N3O7/c1-4(16)7(13)10(19)14-8(5(2)17)11(20)15-9(6(3)18)12(21)22/h4-9,16-18H,13H2,1-3H3,(H,14,19)(H,15,20)(H,21,22)/t4-,5-,6-,7-,8+,9+/m1/s1. The van der Waals surface area contributed by atoms with E-state index in [1.165, 1.54) is 20.8 Å². The van der Waals surface area contributed by atoms with Crippen LogP contribution < -0.4 is 16.4 Å². The molecule has 10 heteroatoms. The summed E-state index contributed by atoms with van der Waals surface area (Å²) in [6.45, 7) is 3.64. The molecule has 0 spiro atoms. The number of carboxylic acids is 1. The molecule has 0 rings (SSSR count). The van der Waals surface area contributed by atoms with E-state index in [9.17, 15) is 29.7 Å². The van der Waals surface area contributed by atoms with Gasteiger partial charge in [-0.05, 0) is 20.8 Å². The summed E-state index contributed by atoms with van der Waals surface area (Å²) in [5, 5.41) is 41.1. The summed E-state index contributed by atoms with van der Waals surface area (Å²) in [6.07, 6.45) is -3.91. The van der Waals surface area contributed by atoms with Crippen LogP contribution in [-0.4, -0.2) is 74.6 Å². The number of nitrogens with one attached hydrogen (secondary N) is 2. The number of hydrogen-bond acceptors (Lipinski definition) is 7. The smallest absolute Gasteiger partial charge is 0.328 e. The maximum absolute atomic E-state index is 12.0. The number of rotatable bonds is 8. The van der Waals surface area contributed by atoms with Gasteiger partial charge in [0.15, 0.2) is 6.04 Å². The van der Waals surface area contributed by atoms with Crippen LogP contribution in [0.3, 0.4) is 0 Å². The van der Waals surface area contributed by atoms with E-state index in [1.54, 1.807) is 0 Å². The zero-order chi connectivity index (χ0) is 17.6. The first-order valence-electron chi connectivity index (χ1n) is 6.62. The Morgan fingerprint density at radius 1 is 0.818 bits per heavy atom. The molecule has 2 amide bonds. The molecule has 0 fully saturated rings. The molecule has 0 aliphatic heterocycles. The van der Waals surface area contributed by atoms with E-state index in [-0.39, 0.29) is 0 Å². The highest BCUT2D eigenvalue weighted by molar-refractivity contribution is 5.92. The van der Waals surface area contributed by atoms with Gasteiger partial charge in [-0.2, -0.15) is 0 Å². The lowest BCUT2D eigenvalue weighted by molar-refractivity contribution is -0.145. The molecule has 0 aromatic rings. The fourth-order valence-electron chi connectivity index (χ4n) is 1.51. The van der Waals surface area contributed by atoms with Crippen molar-refractivity contribution in [2.75, 3.05) is 0 Å². The molecule has 0 bridgehead atoms. The summed E-state index contributed by atoms with van der Waals surface area (Å²) in [5.41, 5.74) is 5.40. The summed E-state index contributed by atoms with van der Waals surface area (Å²) < 4.78 is 0. The molecule has 6 atom stereocenters. The highest BCUT2D eigenvalue weighted by atomic mass is 16.4. The zero-order valence-electron chi connectivity index (χ0n) is 12.6. The van der Waals surface area contributed by atoms with E-state index < -0.39 is 54.2 Å². The monoisotopic (exact) mass is 321 g/mol. The van der Waals surface area contributed by atoms with E-state index in [4.69, 9.17) is 10.8 Å². The second kappa shape index (κ2) is 8.63. The number of aliphatic carboxylic acids is 1. The van der Waals surface area contributed by atoms with Crippen LogP contribution >= 0.6 is 0 Å². The molecule has 0 radical (unpaired) electrons. The van der Waals surface area contributed by atoms with Gasteiger partial charge >= 0.3 is 5.97 Å². The number of carbonyl (C=O) groups is 3. The molecule has 8 N–H and O–H groups in total. The van der Waals surface area contributed by atoms with Crippen molar-refractivity contribution in [3.63, 3.8) is 0 Å². The summed E-state index contributed by atoms with van der Waals surface area (Å²) in [6, 6.07) is -4.41. The lowest BCUT2D eigenvalue weighted by Crippen LogP contribution is -2.60. The largest absolute Gasteiger partial charge is 0.480 e. The minimum atomic E-state index is -1.60. The van der Waals surface area contributed by atoms with Crippen molar-refractivity contribution in [3.05, 3.63) is 0 Å².